The van der Waals surface area contributed by atoms with Crippen molar-refractivity contribution < 1.29 is 73.8 Å². The van der Waals surface area contributed by atoms with Gasteiger partial charge < -0.3 is 64.2 Å². The molecule has 2 aliphatic rings. The Morgan fingerprint density at radius 3 is 1.31 bits per heavy atom. The number of esters is 2. The van der Waals surface area contributed by atoms with Gasteiger partial charge in [0.15, 0.2) is 18.7 Å². The topological polar surface area (TPSA) is 231 Å². The van der Waals surface area contributed by atoms with Crippen molar-refractivity contribution >= 4 is 11.9 Å². The predicted octanol–water partition coefficient (Wildman–Crippen LogP) is 8.16. The Kier molecular flexibility index (Phi) is 37.4. The predicted molar refractivity (Wildman–Crippen MR) is 261 cm³/mol. The average molecular weight is 975 g/mol. The number of aliphatic hydroxyl groups is 7. The van der Waals surface area contributed by atoms with E-state index in [4.69, 9.17) is 28.4 Å². The first kappa shape index (κ1) is 62.4. The molecule has 0 amide bonds. The van der Waals surface area contributed by atoms with E-state index >= 15 is 0 Å². The van der Waals surface area contributed by atoms with E-state index in [1.807, 2.05) is 0 Å². The number of carbonyl (C=O) groups excluding carboxylic acids is 2. The quantitative estimate of drug-likeness (QED) is 0.0174. The summed E-state index contributed by atoms with van der Waals surface area (Å²) in [6, 6.07) is 0. The third kappa shape index (κ3) is 28.3. The molecule has 2 aliphatic heterocycles. The summed E-state index contributed by atoms with van der Waals surface area (Å²) >= 11 is 0. The molecule has 0 aliphatic carbocycles. The number of unbranched alkanes of at least 4 members (excludes halogenated alkanes) is 27. The second-order valence-corrected chi connectivity index (χ2v) is 19.4. The monoisotopic (exact) mass is 975 g/mol. The van der Waals surface area contributed by atoms with E-state index in [1.165, 1.54) is 135 Å². The number of rotatable bonds is 43. The van der Waals surface area contributed by atoms with Gasteiger partial charge in [-0.25, -0.2) is 0 Å². The standard InChI is InChI=1S/C53H98O15/c1-3-5-7-9-11-13-15-17-18-19-20-21-22-24-25-27-29-31-33-35-44(55)63-38-41(66-45(56)36-34-32-30-28-26-23-16-14-12-10-8-6-4-2)39-64-52-51(62)49(60)47(58)43(68-52)40-65-53-50(61)48(59)46(57)42(37-54)67-53/h23,26,41-43,46-54,57-62H,3-22,24-25,27-40H2,1-2H3/b26-23+/t41-,42+,43+,46-,47-,48?,49?,50?,51?,52+,53+/m0/s1. The van der Waals surface area contributed by atoms with Crippen molar-refractivity contribution in [1.29, 1.82) is 0 Å². The van der Waals surface area contributed by atoms with Crippen LogP contribution in [0.3, 0.4) is 0 Å². The van der Waals surface area contributed by atoms with E-state index in [0.717, 1.165) is 44.9 Å². The Morgan fingerprint density at radius 1 is 0.456 bits per heavy atom. The molecule has 0 aromatic rings. The molecule has 4 unspecified atom stereocenters. The number of aliphatic hydroxyl groups excluding tert-OH is 7. The Balaban J connectivity index is 1.77. The van der Waals surface area contributed by atoms with Gasteiger partial charge in [-0.15, -0.1) is 0 Å². The van der Waals surface area contributed by atoms with Crippen LogP contribution >= 0.6 is 0 Å². The molecule has 0 spiro atoms. The Morgan fingerprint density at radius 2 is 0.838 bits per heavy atom. The molecule has 2 saturated heterocycles. The highest BCUT2D eigenvalue weighted by atomic mass is 16.7. The number of ether oxygens (including phenoxy) is 6. The Labute approximate surface area is 410 Å². The molecule has 0 aromatic carbocycles. The van der Waals surface area contributed by atoms with E-state index in [1.54, 1.807) is 0 Å². The fourth-order valence-electron chi connectivity index (χ4n) is 8.74. The summed E-state index contributed by atoms with van der Waals surface area (Å²) in [6.07, 6.45) is 23.9. The van der Waals surface area contributed by atoms with Gasteiger partial charge in [0, 0.05) is 12.8 Å². The third-order valence-electron chi connectivity index (χ3n) is 13.2. The Bertz CT molecular complexity index is 1240. The largest absolute Gasteiger partial charge is 0.462 e. The van der Waals surface area contributed by atoms with Crippen molar-refractivity contribution in [3.8, 4) is 0 Å². The van der Waals surface area contributed by atoms with Crippen LogP contribution in [0.4, 0.5) is 0 Å². The van der Waals surface area contributed by atoms with Gasteiger partial charge in [-0.05, 0) is 38.5 Å². The molecule has 2 fully saturated rings. The van der Waals surface area contributed by atoms with Gasteiger partial charge in [-0.3, -0.25) is 9.59 Å². The number of hydrogen-bond acceptors (Lipinski definition) is 15. The van der Waals surface area contributed by atoms with Gasteiger partial charge in [0.2, 0.25) is 0 Å². The van der Waals surface area contributed by atoms with Crippen molar-refractivity contribution in [2.45, 2.75) is 287 Å². The van der Waals surface area contributed by atoms with Gasteiger partial charge >= 0.3 is 11.9 Å². The maximum atomic E-state index is 13.0. The molecular formula is C53H98O15. The molecule has 2 rings (SSSR count). The zero-order valence-electron chi connectivity index (χ0n) is 42.4. The average Bonchev–Trinajstić information content (AvgIpc) is 3.33. The molecule has 7 N–H and O–H groups in total. The molecule has 0 aromatic heterocycles. The van der Waals surface area contributed by atoms with E-state index in [2.05, 4.69) is 26.0 Å². The van der Waals surface area contributed by atoms with Crippen molar-refractivity contribution in [3.05, 3.63) is 12.2 Å². The van der Waals surface area contributed by atoms with E-state index in [-0.39, 0.29) is 26.1 Å². The highest BCUT2D eigenvalue weighted by Gasteiger charge is 2.47. The second-order valence-electron chi connectivity index (χ2n) is 19.4. The number of hydrogen-bond donors (Lipinski definition) is 7. The summed E-state index contributed by atoms with van der Waals surface area (Å²) < 4.78 is 33.6. The summed E-state index contributed by atoms with van der Waals surface area (Å²) in [5.41, 5.74) is 0. The maximum absolute atomic E-state index is 13.0. The van der Waals surface area contributed by atoms with Crippen molar-refractivity contribution in [3.63, 3.8) is 0 Å². The summed E-state index contributed by atoms with van der Waals surface area (Å²) in [4.78, 5) is 25.8. The van der Waals surface area contributed by atoms with Crippen LogP contribution in [0.5, 0.6) is 0 Å². The van der Waals surface area contributed by atoms with Crippen molar-refractivity contribution in [1.82, 2.24) is 0 Å². The van der Waals surface area contributed by atoms with Crippen molar-refractivity contribution in [2.24, 2.45) is 0 Å². The molecule has 2 heterocycles. The lowest BCUT2D eigenvalue weighted by Crippen LogP contribution is -2.61. The molecule has 15 nitrogen and oxygen atoms in total. The molecular weight excluding hydrogens is 877 g/mol. The van der Waals surface area contributed by atoms with Crippen LogP contribution in [-0.4, -0.2) is 142 Å². The first-order valence-corrected chi connectivity index (χ1v) is 27.3. The molecule has 400 valence electrons. The Hall–Kier alpha value is -1.76. The summed E-state index contributed by atoms with van der Waals surface area (Å²) in [5, 5.41) is 72.1. The molecule has 68 heavy (non-hydrogen) atoms. The lowest BCUT2D eigenvalue weighted by Gasteiger charge is -2.42. The van der Waals surface area contributed by atoms with Gasteiger partial charge in [-0.2, -0.15) is 0 Å². The molecule has 11 atom stereocenters. The highest BCUT2D eigenvalue weighted by molar-refractivity contribution is 5.70. The van der Waals surface area contributed by atoms with Gasteiger partial charge in [-0.1, -0.05) is 180 Å². The maximum Gasteiger partial charge on any atom is 0.306 e. The normalized spacial score (nSPS) is 25.8. The fraction of sp³-hybridized carbons (Fsp3) is 0.925. The van der Waals surface area contributed by atoms with Gasteiger partial charge in [0.1, 0.15) is 55.4 Å². The van der Waals surface area contributed by atoms with E-state index in [9.17, 15) is 45.3 Å². The minimum absolute atomic E-state index is 0.149. The third-order valence-corrected chi connectivity index (χ3v) is 13.2. The minimum atomic E-state index is -1.76. The van der Waals surface area contributed by atoms with Gasteiger partial charge in [0.05, 0.1) is 19.8 Å². The second kappa shape index (κ2) is 40.8. The first-order valence-electron chi connectivity index (χ1n) is 27.3. The minimum Gasteiger partial charge on any atom is -0.462 e. The summed E-state index contributed by atoms with van der Waals surface area (Å²) in [6.45, 7) is 2.60. The zero-order chi connectivity index (χ0) is 49.6. The summed E-state index contributed by atoms with van der Waals surface area (Å²) in [7, 11) is 0. The molecule has 0 bridgehead atoms. The van der Waals surface area contributed by atoms with Crippen LogP contribution in [0.25, 0.3) is 0 Å². The SMILES string of the molecule is CCCCCCCC/C=C/CCCCCC(=O)O[C@@H](COC(=O)CCCCCCCCCCCCCCCCCCCCC)CO[C@@H]1O[C@H](CO[C@@H]2O[C@H](CO)[C@H](O)C(O)C2O)[C@H](O)C(O)C1O. The lowest BCUT2D eigenvalue weighted by molar-refractivity contribution is -0.332. The van der Waals surface area contributed by atoms with E-state index < -0.39 is 92.7 Å². The van der Waals surface area contributed by atoms with Crippen LogP contribution < -0.4 is 0 Å². The van der Waals surface area contributed by atoms with Crippen LogP contribution in [0.1, 0.15) is 219 Å². The smallest absolute Gasteiger partial charge is 0.306 e. The van der Waals surface area contributed by atoms with Crippen molar-refractivity contribution in [2.75, 3.05) is 26.4 Å². The van der Waals surface area contributed by atoms with Crippen LogP contribution in [0.2, 0.25) is 0 Å². The van der Waals surface area contributed by atoms with Crippen LogP contribution in [-0.2, 0) is 38.0 Å². The van der Waals surface area contributed by atoms with E-state index in [0.29, 0.717) is 12.8 Å². The number of allylic oxidation sites excluding steroid dienone is 2. The number of carbonyl (C=O) groups is 2. The zero-order valence-corrected chi connectivity index (χ0v) is 42.4. The fourth-order valence-corrected chi connectivity index (χ4v) is 8.74. The lowest BCUT2D eigenvalue weighted by atomic mass is 9.98. The first-order chi connectivity index (χ1) is 33.0. The molecule has 0 saturated carbocycles. The van der Waals surface area contributed by atoms with Crippen LogP contribution in [0, 0.1) is 0 Å². The summed E-state index contributed by atoms with van der Waals surface area (Å²) in [5.74, 6) is -0.932. The highest BCUT2D eigenvalue weighted by Crippen LogP contribution is 2.27. The molecule has 15 heteroatoms. The van der Waals surface area contributed by atoms with Crippen LogP contribution in [0.15, 0.2) is 12.2 Å². The molecule has 0 radical (unpaired) electrons. The van der Waals surface area contributed by atoms with Gasteiger partial charge in [0.25, 0.3) is 0 Å².